The molecule has 3 N–H and O–H groups in total. The minimum atomic E-state index is -1.25. The summed E-state index contributed by atoms with van der Waals surface area (Å²) in [5.74, 6) is -1.67. The molecule has 1 atom stereocenters. The van der Waals surface area contributed by atoms with Gasteiger partial charge in [-0.25, -0.2) is 9.59 Å². The molecule has 1 unspecified atom stereocenters. The van der Waals surface area contributed by atoms with Crippen LogP contribution in [0.1, 0.15) is 36.3 Å². The topological polar surface area (TPSA) is 108 Å². The molecule has 174 valence electrons. The minimum Gasteiger partial charge on any atom is -0.480 e. The second-order valence-electron chi connectivity index (χ2n) is 9.01. The summed E-state index contributed by atoms with van der Waals surface area (Å²) in [6, 6.07) is 15.2. The maximum absolute atomic E-state index is 12.8. The minimum absolute atomic E-state index is 0.0884. The molecule has 4 rings (SSSR count). The van der Waals surface area contributed by atoms with Gasteiger partial charge < -0.3 is 25.4 Å². The van der Waals surface area contributed by atoms with Crippen molar-refractivity contribution in [2.24, 2.45) is 0 Å². The largest absolute Gasteiger partial charge is 0.480 e. The summed E-state index contributed by atoms with van der Waals surface area (Å²) in [7, 11) is 3.55. The predicted molar refractivity (Wildman–Crippen MR) is 123 cm³/mol. The van der Waals surface area contributed by atoms with Crippen molar-refractivity contribution < 1.29 is 24.2 Å². The average Bonchev–Trinajstić information content (AvgIpc) is 3.07. The monoisotopic (exact) mass is 451 g/mol. The van der Waals surface area contributed by atoms with Crippen LogP contribution in [0.2, 0.25) is 0 Å². The lowest BCUT2D eigenvalue weighted by atomic mass is 9.76. The molecule has 0 saturated heterocycles. The first-order chi connectivity index (χ1) is 15.8. The Balaban J connectivity index is 1.42. The van der Waals surface area contributed by atoms with Gasteiger partial charge in [0.25, 0.3) is 0 Å². The van der Waals surface area contributed by atoms with E-state index in [-0.39, 0.29) is 19.1 Å². The van der Waals surface area contributed by atoms with Gasteiger partial charge in [0, 0.05) is 12.5 Å². The third kappa shape index (κ3) is 4.57. The van der Waals surface area contributed by atoms with Gasteiger partial charge in [-0.2, -0.15) is 0 Å². The number of amides is 2. The number of hydrogen-bond donors (Lipinski definition) is 3. The molecule has 0 bridgehead atoms. The van der Waals surface area contributed by atoms with E-state index >= 15 is 0 Å². The molecule has 0 radical (unpaired) electrons. The molecule has 1 fully saturated rings. The fourth-order valence-corrected chi connectivity index (χ4v) is 4.59. The molecule has 8 nitrogen and oxygen atoms in total. The Hall–Kier alpha value is -3.39. The van der Waals surface area contributed by atoms with Crippen LogP contribution in [0.15, 0.2) is 48.5 Å². The van der Waals surface area contributed by atoms with Crippen LogP contribution in [0.5, 0.6) is 0 Å². The van der Waals surface area contributed by atoms with E-state index in [0.29, 0.717) is 12.8 Å². The van der Waals surface area contributed by atoms with Crippen LogP contribution in [0, 0.1) is 0 Å². The number of likely N-dealkylation sites (N-methyl/N-ethyl adjacent to an activating group) is 1. The van der Waals surface area contributed by atoms with Gasteiger partial charge in [-0.3, -0.25) is 4.79 Å². The summed E-state index contributed by atoms with van der Waals surface area (Å²) in [5.41, 5.74) is 3.22. The van der Waals surface area contributed by atoms with Crippen molar-refractivity contribution in [1.29, 1.82) is 0 Å². The van der Waals surface area contributed by atoms with Crippen LogP contribution in [0.4, 0.5) is 4.79 Å². The second-order valence-corrected chi connectivity index (χ2v) is 9.01. The quantitative estimate of drug-likeness (QED) is 0.569. The zero-order chi connectivity index (χ0) is 23.6. The lowest BCUT2D eigenvalue weighted by molar-refractivity contribution is -0.152. The highest BCUT2D eigenvalue weighted by molar-refractivity contribution is 5.92. The normalized spacial score (nSPS) is 16.8. The molecule has 33 heavy (non-hydrogen) atoms. The number of carbonyl (C=O) groups is 3. The van der Waals surface area contributed by atoms with E-state index in [2.05, 4.69) is 22.8 Å². The van der Waals surface area contributed by atoms with Crippen molar-refractivity contribution >= 4 is 18.0 Å². The van der Waals surface area contributed by atoms with E-state index in [0.717, 1.165) is 28.7 Å². The van der Waals surface area contributed by atoms with Gasteiger partial charge in [-0.15, -0.1) is 0 Å². The number of nitrogens with one attached hydrogen (secondary N) is 2. The summed E-state index contributed by atoms with van der Waals surface area (Å²) in [6.07, 6.45) is 0.795. The third-order valence-corrected chi connectivity index (χ3v) is 6.48. The van der Waals surface area contributed by atoms with Crippen LogP contribution in [-0.2, 0) is 14.3 Å². The van der Waals surface area contributed by atoms with Crippen LogP contribution in [0.25, 0.3) is 11.1 Å². The molecule has 0 aromatic heterocycles. The summed E-state index contributed by atoms with van der Waals surface area (Å²) in [5, 5.41) is 14.8. The van der Waals surface area contributed by atoms with E-state index < -0.39 is 29.6 Å². The van der Waals surface area contributed by atoms with Gasteiger partial charge in [0.15, 0.2) is 0 Å². The molecule has 1 saturated carbocycles. The molecule has 2 amide bonds. The summed E-state index contributed by atoms with van der Waals surface area (Å²) in [4.78, 5) is 38.9. The highest BCUT2D eigenvalue weighted by Crippen LogP contribution is 2.44. The lowest BCUT2D eigenvalue weighted by Gasteiger charge is -2.39. The molecule has 2 aromatic carbocycles. The Labute approximate surface area is 192 Å². The van der Waals surface area contributed by atoms with Crippen LogP contribution >= 0.6 is 0 Å². The van der Waals surface area contributed by atoms with E-state index in [1.54, 1.807) is 19.0 Å². The maximum Gasteiger partial charge on any atom is 0.407 e. The van der Waals surface area contributed by atoms with Gasteiger partial charge >= 0.3 is 12.1 Å². The van der Waals surface area contributed by atoms with Crippen molar-refractivity contribution in [2.45, 2.75) is 36.8 Å². The predicted octanol–water partition coefficient (Wildman–Crippen LogP) is 2.58. The Morgan fingerprint density at radius 3 is 2.12 bits per heavy atom. The van der Waals surface area contributed by atoms with Gasteiger partial charge in [-0.05, 0) is 55.6 Å². The van der Waals surface area contributed by atoms with Crippen LogP contribution < -0.4 is 10.6 Å². The van der Waals surface area contributed by atoms with E-state index in [1.807, 2.05) is 36.4 Å². The van der Waals surface area contributed by atoms with Crippen molar-refractivity contribution in [1.82, 2.24) is 15.5 Å². The van der Waals surface area contributed by atoms with Crippen LogP contribution in [-0.4, -0.2) is 66.8 Å². The number of alkyl carbamates (subject to hydrolysis) is 1. The average molecular weight is 452 g/mol. The number of rotatable bonds is 8. The number of carbonyl (C=O) groups excluding carboxylic acids is 2. The standard InChI is InChI=1S/C25H29N3O5/c1-28(2)14-21(22(29)27-25(23(30)31)12-7-13-25)26-24(32)33-15-20-18-10-5-3-8-16(18)17-9-4-6-11-19(17)20/h3-6,8-11,20-21H,7,12-15H2,1-2H3,(H,26,32)(H,27,29)(H,30,31). The number of hydrogen-bond acceptors (Lipinski definition) is 5. The molecule has 0 spiro atoms. The summed E-state index contributed by atoms with van der Waals surface area (Å²) >= 11 is 0. The first kappa shape index (κ1) is 22.8. The third-order valence-electron chi connectivity index (χ3n) is 6.48. The van der Waals surface area contributed by atoms with Gasteiger partial charge in [0.2, 0.25) is 5.91 Å². The SMILES string of the molecule is CN(C)CC(NC(=O)OCC1c2ccccc2-c2ccccc21)C(=O)NC1(C(=O)O)CCC1. The maximum atomic E-state index is 12.8. The fraction of sp³-hybridized carbons (Fsp3) is 0.400. The van der Waals surface area contributed by atoms with E-state index in [4.69, 9.17) is 4.74 Å². The smallest absolute Gasteiger partial charge is 0.407 e. The van der Waals surface area contributed by atoms with Crippen molar-refractivity contribution in [2.75, 3.05) is 27.2 Å². The summed E-state index contributed by atoms with van der Waals surface area (Å²) < 4.78 is 5.55. The molecule has 2 aliphatic rings. The fourth-order valence-electron chi connectivity index (χ4n) is 4.59. The molecule has 2 aromatic rings. The zero-order valence-electron chi connectivity index (χ0n) is 18.8. The Morgan fingerprint density at radius 1 is 1.06 bits per heavy atom. The number of nitrogens with zero attached hydrogens (tertiary/aromatic N) is 1. The van der Waals surface area contributed by atoms with Crippen molar-refractivity contribution in [3.05, 3.63) is 59.7 Å². The van der Waals surface area contributed by atoms with Gasteiger partial charge in [0.1, 0.15) is 18.2 Å². The molecule has 8 heteroatoms. The number of carboxylic acid groups (broad SMARTS) is 1. The summed E-state index contributed by atoms with van der Waals surface area (Å²) in [6.45, 7) is 0.348. The highest BCUT2D eigenvalue weighted by atomic mass is 16.5. The Bertz CT molecular complexity index is 1020. The Kier molecular flexibility index (Phi) is 6.37. The number of carboxylic acids is 1. The van der Waals surface area contributed by atoms with Crippen molar-refractivity contribution in [3.63, 3.8) is 0 Å². The van der Waals surface area contributed by atoms with Crippen molar-refractivity contribution in [3.8, 4) is 11.1 Å². The molecule has 2 aliphatic carbocycles. The van der Waals surface area contributed by atoms with E-state index in [9.17, 15) is 19.5 Å². The molecule has 0 aliphatic heterocycles. The van der Waals surface area contributed by atoms with Crippen LogP contribution in [0.3, 0.4) is 0 Å². The van der Waals surface area contributed by atoms with Gasteiger partial charge in [-0.1, -0.05) is 48.5 Å². The highest BCUT2D eigenvalue weighted by Gasteiger charge is 2.46. The molecule has 0 heterocycles. The first-order valence-electron chi connectivity index (χ1n) is 11.1. The number of ether oxygens (including phenoxy) is 1. The number of benzene rings is 2. The molecular formula is C25H29N3O5. The lowest BCUT2D eigenvalue weighted by Crippen LogP contribution is -2.63. The van der Waals surface area contributed by atoms with E-state index in [1.165, 1.54) is 0 Å². The zero-order valence-corrected chi connectivity index (χ0v) is 18.8. The van der Waals surface area contributed by atoms with Gasteiger partial charge in [0.05, 0.1) is 0 Å². The number of aliphatic carboxylic acids is 1. The first-order valence-corrected chi connectivity index (χ1v) is 11.1. The second kappa shape index (κ2) is 9.23. The number of fused-ring (bicyclic) bond motifs is 3. The Morgan fingerprint density at radius 2 is 1.64 bits per heavy atom. The molecular weight excluding hydrogens is 422 g/mol.